The van der Waals surface area contributed by atoms with Crippen molar-refractivity contribution in [2.75, 3.05) is 13.1 Å². The van der Waals surface area contributed by atoms with Gasteiger partial charge in [-0.05, 0) is 39.3 Å². The van der Waals surface area contributed by atoms with Gasteiger partial charge in [-0.25, -0.2) is 0 Å². The van der Waals surface area contributed by atoms with Gasteiger partial charge in [-0.3, -0.25) is 9.69 Å². The molecule has 1 atom stereocenters. The van der Waals surface area contributed by atoms with E-state index < -0.39 is 11.4 Å². The first-order chi connectivity index (χ1) is 9.79. The van der Waals surface area contributed by atoms with Crippen molar-refractivity contribution in [2.45, 2.75) is 45.8 Å². The number of carbonyl (C=O) groups is 1. The Hall–Kier alpha value is -1.55. The topological polar surface area (TPSA) is 49.8 Å². The third-order valence-corrected chi connectivity index (χ3v) is 4.64. The van der Waals surface area contributed by atoms with Crippen molar-refractivity contribution in [3.8, 4) is 5.75 Å². The molecule has 21 heavy (non-hydrogen) atoms. The van der Waals surface area contributed by atoms with Crippen LogP contribution in [0.25, 0.3) is 0 Å². The lowest BCUT2D eigenvalue weighted by Gasteiger charge is -2.22. The normalized spacial score (nSPS) is 27.4. The van der Waals surface area contributed by atoms with Crippen molar-refractivity contribution in [3.05, 3.63) is 29.3 Å². The zero-order chi connectivity index (χ0) is 15.3. The molecule has 0 radical (unpaired) electrons. The highest BCUT2D eigenvalue weighted by Crippen LogP contribution is 2.39. The number of hydrogen-bond donors (Lipinski definition) is 1. The molecule has 2 heterocycles. The molecule has 2 aliphatic heterocycles. The van der Waals surface area contributed by atoms with Crippen molar-refractivity contribution in [1.82, 2.24) is 4.90 Å². The molecule has 1 N–H and O–H groups in total. The molecule has 0 aliphatic carbocycles. The zero-order valence-electron chi connectivity index (χ0n) is 13.0. The largest absolute Gasteiger partial charge is 0.487 e. The quantitative estimate of drug-likeness (QED) is 0.929. The molecular weight excluding hydrogens is 266 g/mol. The standard InChI is InChI=1S/C17H23NO3/c1-16(2)9-12-5-4-6-13(14(12)21-16)10-18-8-7-17(3,11-18)15(19)20/h4-6H,7-11H2,1-3H3,(H,19,20). The number of carboxylic acids is 1. The Morgan fingerprint density at radius 3 is 2.81 bits per heavy atom. The van der Waals surface area contributed by atoms with E-state index in [1.54, 1.807) is 0 Å². The van der Waals surface area contributed by atoms with E-state index in [0.29, 0.717) is 13.0 Å². The molecule has 1 aromatic carbocycles. The summed E-state index contributed by atoms with van der Waals surface area (Å²) in [4.78, 5) is 13.6. The molecule has 4 heteroatoms. The van der Waals surface area contributed by atoms with E-state index in [1.165, 1.54) is 11.1 Å². The van der Waals surface area contributed by atoms with Crippen LogP contribution in [-0.4, -0.2) is 34.7 Å². The maximum Gasteiger partial charge on any atom is 0.310 e. The molecule has 1 saturated heterocycles. The Bertz CT molecular complexity index is 581. The lowest BCUT2D eigenvalue weighted by Crippen LogP contribution is -2.31. The molecule has 0 amide bonds. The van der Waals surface area contributed by atoms with Crippen LogP contribution >= 0.6 is 0 Å². The Kier molecular flexibility index (Phi) is 3.24. The summed E-state index contributed by atoms with van der Waals surface area (Å²) < 4.78 is 6.09. The summed E-state index contributed by atoms with van der Waals surface area (Å²) in [7, 11) is 0. The highest BCUT2D eigenvalue weighted by atomic mass is 16.5. The monoisotopic (exact) mass is 289 g/mol. The average Bonchev–Trinajstić information content (AvgIpc) is 2.90. The van der Waals surface area contributed by atoms with Crippen LogP contribution in [-0.2, 0) is 17.8 Å². The van der Waals surface area contributed by atoms with Gasteiger partial charge in [-0.15, -0.1) is 0 Å². The minimum atomic E-state index is -0.694. The number of rotatable bonds is 3. The predicted molar refractivity (Wildman–Crippen MR) is 80.5 cm³/mol. The first-order valence-electron chi connectivity index (χ1n) is 7.55. The second-order valence-electron chi connectivity index (χ2n) is 7.27. The van der Waals surface area contributed by atoms with Gasteiger partial charge in [0.25, 0.3) is 0 Å². The molecule has 1 aromatic rings. The molecule has 4 nitrogen and oxygen atoms in total. The fourth-order valence-electron chi connectivity index (χ4n) is 3.41. The van der Waals surface area contributed by atoms with Gasteiger partial charge in [0.15, 0.2) is 0 Å². The smallest absolute Gasteiger partial charge is 0.310 e. The Labute approximate surface area is 125 Å². The number of likely N-dealkylation sites (tertiary alicyclic amines) is 1. The number of hydrogen-bond acceptors (Lipinski definition) is 3. The van der Waals surface area contributed by atoms with Crippen LogP contribution in [0, 0.1) is 5.41 Å². The molecular formula is C17H23NO3. The third kappa shape index (κ3) is 2.64. The van der Waals surface area contributed by atoms with E-state index in [0.717, 1.165) is 25.3 Å². The summed E-state index contributed by atoms with van der Waals surface area (Å²) in [6.45, 7) is 8.25. The van der Waals surface area contributed by atoms with E-state index >= 15 is 0 Å². The van der Waals surface area contributed by atoms with Gasteiger partial charge in [0.05, 0.1) is 5.41 Å². The molecule has 2 aliphatic rings. The van der Waals surface area contributed by atoms with E-state index in [1.807, 2.05) is 6.92 Å². The third-order valence-electron chi connectivity index (χ3n) is 4.64. The van der Waals surface area contributed by atoms with E-state index in [4.69, 9.17) is 4.74 Å². The van der Waals surface area contributed by atoms with Gasteiger partial charge in [0.2, 0.25) is 0 Å². The summed E-state index contributed by atoms with van der Waals surface area (Å²) >= 11 is 0. The number of ether oxygens (including phenoxy) is 1. The van der Waals surface area contributed by atoms with Crippen molar-refractivity contribution in [3.63, 3.8) is 0 Å². The second kappa shape index (κ2) is 4.73. The number of fused-ring (bicyclic) bond motifs is 1. The molecule has 0 saturated carbocycles. The first kappa shape index (κ1) is 14.4. The molecule has 1 fully saturated rings. The number of carboxylic acid groups (broad SMARTS) is 1. The molecule has 3 rings (SSSR count). The van der Waals surface area contributed by atoms with Crippen LogP contribution in [0.4, 0.5) is 0 Å². The van der Waals surface area contributed by atoms with Crippen LogP contribution in [0.3, 0.4) is 0 Å². The maximum absolute atomic E-state index is 11.3. The van der Waals surface area contributed by atoms with Gasteiger partial charge in [0, 0.05) is 25.1 Å². The summed E-state index contributed by atoms with van der Waals surface area (Å²) in [6, 6.07) is 6.29. The van der Waals surface area contributed by atoms with Crippen LogP contribution in [0.1, 0.15) is 38.3 Å². The van der Waals surface area contributed by atoms with Crippen molar-refractivity contribution >= 4 is 5.97 Å². The Morgan fingerprint density at radius 2 is 2.14 bits per heavy atom. The fraction of sp³-hybridized carbons (Fsp3) is 0.588. The number of nitrogens with zero attached hydrogens (tertiary/aromatic N) is 1. The second-order valence-corrected chi connectivity index (χ2v) is 7.27. The minimum absolute atomic E-state index is 0.140. The molecule has 0 aromatic heterocycles. The van der Waals surface area contributed by atoms with E-state index in [2.05, 4.69) is 36.9 Å². The van der Waals surface area contributed by atoms with Crippen molar-refractivity contribution < 1.29 is 14.6 Å². The van der Waals surface area contributed by atoms with Crippen LogP contribution in [0.5, 0.6) is 5.75 Å². The number of para-hydroxylation sites is 1. The summed E-state index contributed by atoms with van der Waals surface area (Å²) in [5.41, 5.74) is 1.68. The highest BCUT2D eigenvalue weighted by Gasteiger charge is 2.41. The number of benzene rings is 1. The molecule has 1 unspecified atom stereocenters. The SMILES string of the molecule is CC1(C)Cc2cccc(CN3CCC(C)(C(=O)O)C3)c2O1. The van der Waals surface area contributed by atoms with Crippen molar-refractivity contribution in [2.24, 2.45) is 5.41 Å². The first-order valence-corrected chi connectivity index (χ1v) is 7.55. The van der Waals surface area contributed by atoms with E-state index in [9.17, 15) is 9.90 Å². The summed E-state index contributed by atoms with van der Waals surface area (Å²) in [5, 5.41) is 9.33. The van der Waals surface area contributed by atoms with Gasteiger partial charge >= 0.3 is 5.97 Å². The molecule has 0 spiro atoms. The van der Waals surface area contributed by atoms with Crippen LogP contribution in [0.2, 0.25) is 0 Å². The van der Waals surface area contributed by atoms with E-state index in [-0.39, 0.29) is 5.60 Å². The lowest BCUT2D eigenvalue weighted by molar-refractivity contribution is -0.147. The number of aliphatic carboxylic acids is 1. The lowest BCUT2D eigenvalue weighted by atomic mass is 9.90. The van der Waals surface area contributed by atoms with Crippen LogP contribution in [0.15, 0.2) is 18.2 Å². The van der Waals surface area contributed by atoms with Gasteiger partial charge in [0.1, 0.15) is 11.4 Å². The van der Waals surface area contributed by atoms with Crippen LogP contribution < -0.4 is 4.74 Å². The average molecular weight is 289 g/mol. The maximum atomic E-state index is 11.3. The minimum Gasteiger partial charge on any atom is -0.487 e. The molecule has 0 bridgehead atoms. The predicted octanol–water partition coefficient (Wildman–Crippen LogP) is 2.70. The summed E-state index contributed by atoms with van der Waals surface area (Å²) in [5.74, 6) is 0.312. The highest BCUT2D eigenvalue weighted by molar-refractivity contribution is 5.74. The summed E-state index contributed by atoms with van der Waals surface area (Å²) in [6.07, 6.45) is 1.65. The molecule has 114 valence electrons. The van der Waals surface area contributed by atoms with Gasteiger partial charge < -0.3 is 9.84 Å². The fourth-order valence-corrected chi connectivity index (χ4v) is 3.41. The zero-order valence-corrected chi connectivity index (χ0v) is 13.0. The van der Waals surface area contributed by atoms with Gasteiger partial charge in [-0.2, -0.15) is 0 Å². The Morgan fingerprint density at radius 1 is 1.38 bits per heavy atom. The Balaban J connectivity index is 1.77. The van der Waals surface area contributed by atoms with Gasteiger partial charge in [-0.1, -0.05) is 18.2 Å². The van der Waals surface area contributed by atoms with Crippen molar-refractivity contribution in [1.29, 1.82) is 0 Å².